The fourth-order valence-corrected chi connectivity index (χ4v) is 1.18. The van der Waals surface area contributed by atoms with Crippen molar-refractivity contribution in [1.82, 2.24) is 4.90 Å². The summed E-state index contributed by atoms with van der Waals surface area (Å²) in [5, 5.41) is 0. The molecule has 4 nitrogen and oxygen atoms in total. The van der Waals surface area contributed by atoms with E-state index in [9.17, 15) is 4.79 Å². The average Bonchev–Trinajstić information content (AvgIpc) is 2.01. The molecule has 0 aliphatic carbocycles. The van der Waals surface area contributed by atoms with Crippen LogP contribution in [0.25, 0.3) is 0 Å². The van der Waals surface area contributed by atoms with Crippen LogP contribution in [0.4, 0.5) is 0 Å². The van der Waals surface area contributed by atoms with Crippen LogP contribution >= 0.6 is 0 Å². The molecule has 1 atom stereocenters. The molecule has 0 N–H and O–H groups in total. The molecule has 0 aromatic heterocycles. The molecule has 1 aliphatic heterocycles. The smallest absolute Gasteiger partial charge is 0.302 e. The average molecular weight is 173 g/mol. The van der Waals surface area contributed by atoms with Crippen molar-refractivity contribution < 1.29 is 14.3 Å². The highest BCUT2D eigenvalue weighted by Gasteiger charge is 2.18. The zero-order chi connectivity index (χ0) is 8.97. The Morgan fingerprint density at radius 3 is 3.08 bits per heavy atom. The van der Waals surface area contributed by atoms with Crippen molar-refractivity contribution >= 4 is 5.97 Å². The van der Waals surface area contributed by atoms with E-state index in [1.807, 2.05) is 7.05 Å². The maximum Gasteiger partial charge on any atom is 0.302 e. The van der Waals surface area contributed by atoms with Gasteiger partial charge >= 0.3 is 5.97 Å². The fourth-order valence-electron chi connectivity index (χ4n) is 1.18. The van der Waals surface area contributed by atoms with Crippen molar-refractivity contribution in [3.63, 3.8) is 0 Å². The molecule has 1 aliphatic rings. The molecule has 0 bridgehead atoms. The number of ether oxygens (including phenoxy) is 2. The monoisotopic (exact) mass is 173 g/mol. The summed E-state index contributed by atoms with van der Waals surface area (Å²) < 4.78 is 10.2. The zero-order valence-corrected chi connectivity index (χ0v) is 7.58. The number of morpholine rings is 1. The van der Waals surface area contributed by atoms with Crippen LogP contribution in [0.3, 0.4) is 0 Å². The Kier molecular flexibility index (Phi) is 3.49. The standard InChI is InChI=1S/C8H15NO3/c1-7(10)12-6-8-5-9(2)3-4-11-8/h8H,3-6H2,1-2H3. The first-order valence-electron chi connectivity index (χ1n) is 4.12. The van der Waals surface area contributed by atoms with E-state index in [4.69, 9.17) is 9.47 Å². The van der Waals surface area contributed by atoms with E-state index in [0.717, 1.165) is 19.7 Å². The number of nitrogens with zero attached hydrogens (tertiary/aromatic N) is 1. The molecule has 4 heteroatoms. The molecule has 0 saturated carbocycles. The predicted molar refractivity (Wildman–Crippen MR) is 43.9 cm³/mol. The predicted octanol–water partition coefficient (Wildman–Crippen LogP) is -0.120. The molecule has 0 aromatic carbocycles. The second-order valence-electron chi connectivity index (χ2n) is 3.06. The lowest BCUT2D eigenvalue weighted by Crippen LogP contribution is -2.42. The third-order valence-corrected chi connectivity index (χ3v) is 1.81. The molecule has 0 spiro atoms. The van der Waals surface area contributed by atoms with Gasteiger partial charge in [0.25, 0.3) is 0 Å². The van der Waals surface area contributed by atoms with Gasteiger partial charge in [0, 0.05) is 20.0 Å². The zero-order valence-electron chi connectivity index (χ0n) is 7.58. The van der Waals surface area contributed by atoms with Crippen molar-refractivity contribution in [3.05, 3.63) is 0 Å². The Balaban J connectivity index is 2.18. The Morgan fingerprint density at radius 2 is 2.50 bits per heavy atom. The van der Waals surface area contributed by atoms with E-state index in [1.165, 1.54) is 6.92 Å². The summed E-state index contributed by atoms with van der Waals surface area (Å²) in [6.07, 6.45) is 0.0487. The maximum absolute atomic E-state index is 10.5. The molecule has 1 heterocycles. The van der Waals surface area contributed by atoms with E-state index in [0.29, 0.717) is 6.61 Å². The van der Waals surface area contributed by atoms with Gasteiger partial charge in [0.2, 0.25) is 0 Å². The molecule has 0 radical (unpaired) electrons. The highest BCUT2D eigenvalue weighted by atomic mass is 16.6. The van der Waals surface area contributed by atoms with E-state index < -0.39 is 0 Å². The normalized spacial score (nSPS) is 25.3. The van der Waals surface area contributed by atoms with Crippen molar-refractivity contribution in [2.24, 2.45) is 0 Å². The van der Waals surface area contributed by atoms with Gasteiger partial charge in [-0.3, -0.25) is 4.79 Å². The summed E-state index contributed by atoms with van der Waals surface area (Å²) in [5.41, 5.74) is 0. The van der Waals surface area contributed by atoms with E-state index in [1.54, 1.807) is 0 Å². The Bertz CT molecular complexity index is 160. The molecule has 1 unspecified atom stereocenters. The first-order valence-corrected chi connectivity index (χ1v) is 4.12. The molecule has 0 aromatic rings. The molecular weight excluding hydrogens is 158 g/mol. The number of carbonyl (C=O) groups is 1. The third-order valence-electron chi connectivity index (χ3n) is 1.81. The highest BCUT2D eigenvalue weighted by Crippen LogP contribution is 2.02. The van der Waals surface area contributed by atoms with Gasteiger partial charge in [-0.25, -0.2) is 0 Å². The largest absolute Gasteiger partial charge is 0.463 e. The van der Waals surface area contributed by atoms with E-state index in [2.05, 4.69) is 4.90 Å². The van der Waals surface area contributed by atoms with Crippen LogP contribution in [0.15, 0.2) is 0 Å². The lowest BCUT2D eigenvalue weighted by atomic mass is 10.3. The van der Waals surface area contributed by atoms with Gasteiger partial charge in [0.05, 0.1) is 6.61 Å². The summed E-state index contributed by atoms with van der Waals surface area (Å²) in [4.78, 5) is 12.6. The summed E-state index contributed by atoms with van der Waals surface area (Å²) in [6, 6.07) is 0. The summed E-state index contributed by atoms with van der Waals surface area (Å²) >= 11 is 0. The first kappa shape index (κ1) is 9.48. The van der Waals surface area contributed by atoms with Crippen LogP contribution in [0.5, 0.6) is 0 Å². The minimum atomic E-state index is -0.244. The van der Waals surface area contributed by atoms with E-state index >= 15 is 0 Å². The molecule has 0 amide bonds. The number of hydrogen-bond donors (Lipinski definition) is 0. The maximum atomic E-state index is 10.5. The van der Waals surface area contributed by atoms with Gasteiger partial charge in [0.15, 0.2) is 0 Å². The van der Waals surface area contributed by atoms with Crippen LogP contribution in [0.2, 0.25) is 0 Å². The van der Waals surface area contributed by atoms with Crippen LogP contribution < -0.4 is 0 Å². The highest BCUT2D eigenvalue weighted by molar-refractivity contribution is 5.65. The minimum absolute atomic E-state index is 0.0487. The van der Waals surface area contributed by atoms with Gasteiger partial charge in [-0.2, -0.15) is 0 Å². The SMILES string of the molecule is CC(=O)OCC1CN(C)CCO1. The van der Waals surface area contributed by atoms with Crippen LogP contribution in [-0.4, -0.2) is 50.3 Å². The lowest BCUT2D eigenvalue weighted by molar-refractivity contribution is -0.147. The second-order valence-corrected chi connectivity index (χ2v) is 3.06. The molecule has 1 saturated heterocycles. The third kappa shape index (κ3) is 3.19. The lowest BCUT2D eigenvalue weighted by Gasteiger charge is -2.29. The fraction of sp³-hybridized carbons (Fsp3) is 0.875. The molecular formula is C8H15NO3. The van der Waals surface area contributed by atoms with Crippen LogP contribution in [0, 0.1) is 0 Å². The van der Waals surface area contributed by atoms with Crippen LogP contribution in [-0.2, 0) is 14.3 Å². The summed E-state index contributed by atoms with van der Waals surface area (Å²) in [6.45, 7) is 4.30. The summed E-state index contributed by atoms with van der Waals surface area (Å²) in [5.74, 6) is -0.244. The molecule has 1 rings (SSSR count). The Labute approximate surface area is 72.4 Å². The van der Waals surface area contributed by atoms with E-state index in [-0.39, 0.29) is 12.1 Å². The number of rotatable bonds is 2. The summed E-state index contributed by atoms with van der Waals surface area (Å²) in [7, 11) is 2.03. The van der Waals surface area contributed by atoms with Gasteiger partial charge in [-0.15, -0.1) is 0 Å². The van der Waals surface area contributed by atoms with Gasteiger partial charge in [-0.1, -0.05) is 0 Å². The Hall–Kier alpha value is -0.610. The molecule has 1 fully saturated rings. The Morgan fingerprint density at radius 1 is 1.75 bits per heavy atom. The second kappa shape index (κ2) is 4.42. The minimum Gasteiger partial charge on any atom is -0.463 e. The van der Waals surface area contributed by atoms with Gasteiger partial charge in [-0.05, 0) is 7.05 Å². The van der Waals surface area contributed by atoms with Gasteiger partial charge < -0.3 is 14.4 Å². The van der Waals surface area contributed by atoms with Crippen molar-refractivity contribution in [3.8, 4) is 0 Å². The quantitative estimate of drug-likeness (QED) is 0.546. The number of carbonyl (C=O) groups excluding carboxylic acids is 1. The first-order chi connectivity index (χ1) is 5.68. The van der Waals surface area contributed by atoms with Crippen molar-refractivity contribution in [2.45, 2.75) is 13.0 Å². The number of hydrogen-bond acceptors (Lipinski definition) is 4. The molecule has 70 valence electrons. The number of likely N-dealkylation sites (N-methyl/N-ethyl adjacent to an activating group) is 1. The van der Waals surface area contributed by atoms with Gasteiger partial charge in [0.1, 0.15) is 12.7 Å². The molecule has 12 heavy (non-hydrogen) atoms. The topological polar surface area (TPSA) is 38.8 Å². The van der Waals surface area contributed by atoms with Crippen molar-refractivity contribution in [1.29, 1.82) is 0 Å². The van der Waals surface area contributed by atoms with Crippen LogP contribution in [0.1, 0.15) is 6.92 Å². The van der Waals surface area contributed by atoms with Crippen molar-refractivity contribution in [2.75, 3.05) is 33.4 Å². The number of esters is 1.